The highest BCUT2D eigenvalue weighted by molar-refractivity contribution is 5.94. The Morgan fingerprint density at radius 1 is 1.22 bits per heavy atom. The van der Waals surface area contributed by atoms with Gasteiger partial charge in [0.2, 0.25) is 0 Å². The van der Waals surface area contributed by atoms with Crippen LogP contribution < -0.4 is 10.5 Å². The van der Waals surface area contributed by atoms with Crippen molar-refractivity contribution in [2.45, 2.75) is 46.7 Å². The summed E-state index contributed by atoms with van der Waals surface area (Å²) >= 11 is 0. The summed E-state index contributed by atoms with van der Waals surface area (Å²) in [5.74, 6) is 0.821. The molecule has 7 heteroatoms. The molecule has 0 saturated heterocycles. The van der Waals surface area contributed by atoms with Crippen LogP contribution in [0.5, 0.6) is 0 Å². The molecule has 0 aliphatic carbocycles. The number of aryl methyl sites for hydroxylation is 1. The lowest BCUT2D eigenvalue weighted by atomic mass is 10.1. The molecule has 0 spiro atoms. The van der Waals surface area contributed by atoms with Crippen molar-refractivity contribution in [1.82, 2.24) is 19.4 Å². The van der Waals surface area contributed by atoms with Crippen molar-refractivity contribution < 1.29 is 4.79 Å². The normalized spacial score (nSPS) is 13.4. The maximum atomic E-state index is 12.9. The van der Waals surface area contributed by atoms with Gasteiger partial charge in [-0.1, -0.05) is 6.92 Å². The van der Waals surface area contributed by atoms with E-state index in [0.29, 0.717) is 37.3 Å². The summed E-state index contributed by atoms with van der Waals surface area (Å²) in [4.78, 5) is 38.0. The maximum absolute atomic E-state index is 12.9. The molecular formula is C20H27N5O2. The number of carbonyl (C=O) groups is 1. The third-order valence-corrected chi connectivity index (χ3v) is 5.01. The first-order valence-corrected chi connectivity index (χ1v) is 9.66. The molecule has 1 aliphatic rings. The monoisotopic (exact) mass is 369 g/mol. The summed E-state index contributed by atoms with van der Waals surface area (Å²) in [7, 11) is 0. The van der Waals surface area contributed by atoms with Crippen molar-refractivity contribution in [3.63, 3.8) is 0 Å². The van der Waals surface area contributed by atoms with Gasteiger partial charge in [-0.3, -0.25) is 14.2 Å². The lowest BCUT2D eigenvalue weighted by molar-refractivity contribution is 0.0730. The van der Waals surface area contributed by atoms with Gasteiger partial charge in [0.1, 0.15) is 5.82 Å². The number of hydrogen-bond donors (Lipinski definition) is 0. The molecule has 0 unspecified atom stereocenters. The van der Waals surface area contributed by atoms with Crippen LogP contribution in [-0.4, -0.2) is 45.0 Å². The van der Waals surface area contributed by atoms with Crippen LogP contribution >= 0.6 is 0 Å². The number of pyridine rings is 1. The molecule has 0 atom stereocenters. The molecule has 0 aromatic carbocycles. The summed E-state index contributed by atoms with van der Waals surface area (Å²) in [5, 5.41) is 0. The van der Waals surface area contributed by atoms with E-state index in [1.807, 2.05) is 19.1 Å². The van der Waals surface area contributed by atoms with Gasteiger partial charge in [-0.15, -0.1) is 0 Å². The zero-order chi connectivity index (χ0) is 19.4. The molecule has 2 aromatic heterocycles. The molecule has 3 heterocycles. The summed E-state index contributed by atoms with van der Waals surface area (Å²) in [6.45, 7) is 9.48. The molecule has 3 rings (SSSR count). The van der Waals surface area contributed by atoms with Crippen molar-refractivity contribution in [3.05, 3.63) is 51.8 Å². The first-order chi connectivity index (χ1) is 13.1. The van der Waals surface area contributed by atoms with Gasteiger partial charge in [-0.05, 0) is 38.8 Å². The van der Waals surface area contributed by atoms with E-state index in [0.717, 1.165) is 30.9 Å². The van der Waals surface area contributed by atoms with Crippen LogP contribution in [0.4, 0.5) is 5.82 Å². The second kappa shape index (κ2) is 8.33. The zero-order valence-corrected chi connectivity index (χ0v) is 16.3. The minimum Gasteiger partial charge on any atom is -0.357 e. The number of hydrogen-bond acceptors (Lipinski definition) is 5. The molecule has 1 aliphatic heterocycles. The molecule has 0 bridgehead atoms. The van der Waals surface area contributed by atoms with Crippen LogP contribution in [0.1, 0.15) is 48.8 Å². The SMILES string of the molecule is CCCN(CC)c1ccc(C(=O)N2CCc3c(ncn(CC)c3=O)C2)cn1. The molecule has 7 nitrogen and oxygen atoms in total. The number of anilines is 1. The van der Waals surface area contributed by atoms with E-state index in [9.17, 15) is 9.59 Å². The van der Waals surface area contributed by atoms with Crippen LogP contribution in [0.2, 0.25) is 0 Å². The highest BCUT2D eigenvalue weighted by atomic mass is 16.2. The Hall–Kier alpha value is -2.70. The number of nitrogens with zero attached hydrogens (tertiary/aromatic N) is 5. The topological polar surface area (TPSA) is 71.3 Å². The lowest BCUT2D eigenvalue weighted by Crippen LogP contribution is -2.40. The van der Waals surface area contributed by atoms with E-state index in [1.165, 1.54) is 0 Å². The quantitative estimate of drug-likeness (QED) is 0.780. The second-order valence-corrected chi connectivity index (χ2v) is 6.72. The van der Waals surface area contributed by atoms with Crippen LogP contribution in [0.3, 0.4) is 0 Å². The Morgan fingerprint density at radius 3 is 2.67 bits per heavy atom. The Labute approximate surface area is 159 Å². The largest absolute Gasteiger partial charge is 0.357 e. The van der Waals surface area contributed by atoms with Crippen molar-refractivity contribution in [1.29, 1.82) is 0 Å². The van der Waals surface area contributed by atoms with Crippen molar-refractivity contribution in [2.24, 2.45) is 0 Å². The average Bonchev–Trinajstić information content (AvgIpc) is 2.71. The molecule has 0 fully saturated rings. The fraction of sp³-hybridized carbons (Fsp3) is 0.500. The highest BCUT2D eigenvalue weighted by Crippen LogP contribution is 2.18. The van der Waals surface area contributed by atoms with E-state index >= 15 is 0 Å². The molecule has 0 radical (unpaired) electrons. The van der Waals surface area contributed by atoms with Gasteiger partial charge in [-0.25, -0.2) is 9.97 Å². The fourth-order valence-corrected chi connectivity index (χ4v) is 3.45. The van der Waals surface area contributed by atoms with Gasteiger partial charge in [-0.2, -0.15) is 0 Å². The minimum absolute atomic E-state index is 0.0104. The van der Waals surface area contributed by atoms with Crippen LogP contribution in [-0.2, 0) is 19.5 Å². The van der Waals surface area contributed by atoms with Gasteiger partial charge < -0.3 is 9.80 Å². The molecule has 144 valence electrons. The van der Waals surface area contributed by atoms with E-state index in [-0.39, 0.29) is 11.5 Å². The molecule has 0 saturated carbocycles. The second-order valence-electron chi connectivity index (χ2n) is 6.72. The molecule has 0 N–H and O–H groups in total. The fourth-order valence-electron chi connectivity index (χ4n) is 3.45. The van der Waals surface area contributed by atoms with E-state index in [1.54, 1.807) is 22.0 Å². The zero-order valence-electron chi connectivity index (χ0n) is 16.3. The van der Waals surface area contributed by atoms with Crippen LogP contribution in [0, 0.1) is 0 Å². The number of rotatable bonds is 6. The van der Waals surface area contributed by atoms with E-state index in [2.05, 4.69) is 28.7 Å². The van der Waals surface area contributed by atoms with Gasteiger partial charge >= 0.3 is 0 Å². The summed E-state index contributed by atoms with van der Waals surface area (Å²) < 4.78 is 1.61. The number of fused-ring (bicyclic) bond motifs is 1. The smallest absolute Gasteiger partial charge is 0.256 e. The predicted octanol–water partition coefficient (Wildman–Crippen LogP) is 2.09. The minimum atomic E-state index is -0.0697. The summed E-state index contributed by atoms with van der Waals surface area (Å²) in [6.07, 6.45) is 4.81. The molecule has 2 aromatic rings. The third kappa shape index (κ3) is 3.86. The van der Waals surface area contributed by atoms with Gasteiger partial charge in [0.05, 0.1) is 24.1 Å². The highest BCUT2D eigenvalue weighted by Gasteiger charge is 2.25. The van der Waals surface area contributed by atoms with E-state index in [4.69, 9.17) is 0 Å². The molecule has 27 heavy (non-hydrogen) atoms. The summed E-state index contributed by atoms with van der Waals surface area (Å²) in [6, 6.07) is 3.74. The standard InChI is InChI=1S/C20H27N5O2/c1-4-10-23(5-2)18-8-7-15(12-21-18)19(26)25-11-9-16-17(13-25)22-14-24(6-3)20(16)27/h7-8,12,14H,4-6,9-11,13H2,1-3H3. The van der Waals surface area contributed by atoms with Crippen molar-refractivity contribution in [2.75, 3.05) is 24.5 Å². The lowest BCUT2D eigenvalue weighted by Gasteiger charge is -2.28. The Morgan fingerprint density at radius 2 is 2.04 bits per heavy atom. The summed E-state index contributed by atoms with van der Waals surface area (Å²) in [5.41, 5.74) is 2.01. The number of carbonyl (C=O) groups excluding carboxylic acids is 1. The Bertz CT molecular complexity index is 860. The first-order valence-electron chi connectivity index (χ1n) is 9.66. The predicted molar refractivity (Wildman–Crippen MR) is 105 cm³/mol. The number of aromatic nitrogens is 3. The molecular weight excluding hydrogens is 342 g/mol. The third-order valence-electron chi connectivity index (χ3n) is 5.01. The van der Waals surface area contributed by atoms with E-state index < -0.39 is 0 Å². The van der Waals surface area contributed by atoms with Crippen molar-refractivity contribution in [3.8, 4) is 0 Å². The van der Waals surface area contributed by atoms with Gasteiger partial charge in [0, 0.05) is 37.9 Å². The number of amides is 1. The Kier molecular flexibility index (Phi) is 5.88. The molecule has 1 amide bonds. The Balaban J connectivity index is 1.75. The maximum Gasteiger partial charge on any atom is 0.256 e. The van der Waals surface area contributed by atoms with Crippen molar-refractivity contribution >= 4 is 11.7 Å². The van der Waals surface area contributed by atoms with Crippen LogP contribution in [0.25, 0.3) is 0 Å². The first kappa shape index (κ1) is 19.1. The van der Waals surface area contributed by atoms with Crippen LogP contribution in [0.15, 0.2) is 29.5 Å². The van der Waals surface area contributed by atoms with Gasteiger partial charge in [0.25, 0.3) is 11.5 Å². The van der Waals surface area contributed by atoms with Gasteiger partial charge in [0.15, 0.2) is 0 Å². The average molecular weight is 369 g/mol.